The number of carbonyl (C=O) groups is 2. The molecular formula is C17H17F3N4O2S. The molecule has 2 heterocycles. The second kappa shape index (κ2) is 6.91. The minimum atomic E-state index is -4.40. The van der Waals surface area contributed by atoms with Crippen molar-refractivity contribution in [3.8, 4) is 0 Å². The number of imide groups is 1. The summed E-state index contributed by atoms with van der Waals surface area (Å²) in [5.41, 5.74) is -5.21. The lowest BCUT2D eigenvalue weighted by atomic mass is 10.0. The summed E-state index contributed by atoms with van der Waals surface area (Å²) in [7, 11) is 0. The number of anilines is 1. The molecule has 10 heteroatoms. The van der Waals surface area contributed by atoms with Gasteiger partial charge in [-0.15, -0.1) is 0 Å². The van der Waals surface area contributed by atoms with Crippen molar-refractivity contribution in [2.24, 2.45) is 0 Å². The first-order valence-electron chi connectivity index (χ1n) is 8.07. The molecule has 27 heavy (non-hydrogen) atoms. The number of urea groups is 1. The lowest BCUT2D eigenvalue weighted by Gasteiger charge is -2.27. The average molecular weight is 398 g/mol. The molecule has 0 N–H and O–H groups in total. The van der Waals surface area contributed by atoms with Crippen molar-refractivity contribution in [3.05, 3.63) is 43.0 Å². The van der Waals surface area contributed by atoms with Crippen LogP contribution in [0.1, 0.15) is 13.8 Å². The van der Waals surface area contributed by atoms with Gasteiger partial charge in [0, 0.05) is 30.4 Å². The van der Waals surface area contributed by atoms with Crippen LogP contribution < -0.4 is 4.90 Å². The maximum Gasteiger partial charge on any atom is 0.446 e. The van der Waals surface area contributed by atoms with Gasteiger partial charge in [-0.2, -0.15) is 13.2 Å². The van der Waals surface area contributed by atoms with Gasteiger partial charge in [-0.3, -0.25) is 4.79 Å². The van der Waals surface area contributed by atoms with Crippen LogP contribution in [0.15, 0.2) is 47.9 Å². The number of imidazole rings is 1. The molecule has 1 aromatic carbocycles. The molecule has 6 nitrogen and oxygen atoms in total. The number of hydrogen-bond acceptors (Lipinski definition) is 4. The van der Waals surface area contributed by atoms with Crippen LogP contribution in [-0.2, 0) is 11.3 Å². The number of nitrogens with zero attached hydrogens (tertiary/aromatic N) is 4. The van der Waals surface area contributed by atoms with Crippen molar-refractivity contribution in [2.45, 2.75) is 36.3 Å². The van der Waals surface area contributed by atoms with Crippen molar-refractivity contribution in [2.75, 3.05) is 11.4 Å². The van der Waals surface area contributed by atoms with Crippen LogP contribution in [0.4, 0.5) is 23.7 Å². The fraction of sp³-hybridized carbons (Fsp3) is 0.353. The predicted molar refractivity (Wildman–Crippen MR) is 94.2 cm³/mol. The molecule has 0 spiro atoms. The number of hydrogen-bond donors (Lipinski definition) is 0. The largest absolute Gasteiger partial charge is 0.446 e. The van der Waals surface area contributed by atoms with Crippen LogP contribution in [0.5, 0.6) is 0 Å². The van der Waals surface area contributed by atoms with Crippen molar-refractivity contribution >= 4 is 29.4 Å². The summed E-state index contributed by atoms with van der Waals surface area (Å²) >= 11 is -0.247. The third-order valence-electron chi connectivity index (χ3n) is 4.29. The van der Waals surface area contributed by atoms with Crippen LogP contribution in [0, 0.1) is 0 Å². The topological polar surface area (TPSA) is 58.4 Å². The van der Waals surface area contributed by atoms with Crippen LogP contribution in [0.3, 0.4) is 0 Å². The quantitative estimate of drug-likeness (QED) is 0.569. The molecule has 0 aliphatic carbocycles. The SMILES string of the molecule is CC1(C)C(=O)N(c2ccc(SC(F)(F)F)cc2)C(=O)N1CCn1ccnc1. The summed E-state index contributed by atoms with van der Waals surface area (Å²) in [5.74, 6) is -0.422. The van der Waals surface area contributed by atoms with Crippen LogP contribution in [-0.4, -0.2) is 44.0 Å². The van der Waals surface area contributed by atoms with Crippen molar-refractivity contribution < 1.29 is 22.8 Å². The third-order valence-corrected chi connectivity index (χ3v) is 5.03. The van der Waals surface area contributed by atoms with Gasteiger partial charge in [0.2, 0.25) is 0 Å². The molecule has 1 aliphatic heterocycles. The number of halogens is 3. The van der Waals surface area contributed by atoms with Gasteiger partial charge in [-0.05, 0) is 49.9 Å². The molecule has 1 aliphatic rings. The fourth-order valence-corrected chi connectivity index (χ4v) is 3.41. The molecule has 0 unspecified atom stereocenters. The monoisotopic (exact) mass is 398 g/mol. The minimum Gasteiger partial charge on any atom is -0.336 e. The van der Waals surface area contributed by atoms with E-state index in [0.717, 1.165) is 4.90 Å². The number of aromatic nitrogens is 2. The molecular weight excluding hydrogens is 381 g/mol. The number of thioether (sulfide) groups is 1. The maximum atomic E-state index is 12.8. The second-order valence-corrected chi connectivity index (χ2v) is 7.61. The molecule has 144 valence electrons. The molecule has 3 amide bonds. The molecule has 0 radical (unpaired) electrons. The van der Waals surface area contributed by atoms with Crippen LogP contribution in [0.25, 0.3) is 0 Å². The van der Waals surface area contributed by atoms with E-state index >= 15 is 0 Å². The Bertz CT molecular complexity index is 835. The first-order valence-corrected chi connectivity index (χ1v) is 8.89. The van der Waals surface area contributed by atoms with E-state index in [0.29, 0.717) is 13.1 Å². The lowest BCUT2D eigenvalue weighted by molar-refractivity contribution is -0.123. The first-order chi connectivity index (χ1) is 12.6. The summed E-state index contributed by atoms with van der Waals surface area (Å²) in [4.78, 5) is 32.0. The zero-order valence-corrected chi connectivity index (χ0v) is 15.4. The predicted octanol–water partition coefficient (Wildman–Crippen LogP) is 3.74. The summed E-state index contributed by atoms with van der Waals surface area (Å²) in [5, 5.41) is 0. The standard InChI is InChI=1S/C17H17F3N4O2S/c1-16(2)14(25)24(12-3-5-13(6-4-12)27-17(18,19)20)15(26)23(16)10-9-22-8-7-21-11-22/h3-8,11H,9-10H2,1-2H3. The van der Waals surface area contributed by atoms with Gasteiger partial charge >= 0.3 is 11.5 Å². The van der Waals surface area contributed by atoms with Crippen molar-refractivity contribution in [1.82, 2.24) is 14.5 Å². The molecule has 2 aromatic rings. The van der Waals surface area contributed by atoms with Gasteiger partial charge in [0.15, 0.2) is 0 Å². The van der Waals surface area contributed by atoms with E-state index in [4.69, 9.17) is 0 Å². The fourth-order valence-electron chi connectivity index (χ4n) is 2.87. The molecule has 1 aromatic heterocycles. The smallest absolute Gasteiger partial charge is 0.336 e. The first kappa shape index (κ1) is 19.3. The summed E-state index contributed by atoms with van der Waals surface area (Å²) in [6, 6.07) is 4.68. The Morgan fingerprint density at radius 2 is 1.78 bits per heavy atom. The molecule has 3 rings (SSSR count). The van der Waals surface area contributed by atoms with E-state index in [1.54, 1.807) is 37.1 Å². The number of rotatable bonds is 5. The number of benzene rings is 1. The molecule has 0 saturated carbocycles. The maximum absolute atomic E-state index is 12.8. The van der Waals surface area contributed by atoms with Gasteiger partial charge in [0.25, 0.3) is 5.91 Å². The van der Waals surface area contributed by atoms with Crippen LogP contribution in [0.2, 0.25) is 0 Å². The number of alkyl halides is 3. The van der Waals surface area contributed by atoms with Gasteiger partial charge in [-0.1, -0.05) is 0 Å². The summed E-state index contributed by atoms with van der Waals surface area (Å²) in [6.45, 7) is 4.06. The van der Waals surface area contributed by atoms with E-state index in [2.05, 4.69) is 4.98 Å². The summed E-state index contributed by atoms with van der Waals surface area (Å²) < 4.78 is 39.1. The van der Waals surface area contributed by atoms with E-state index in [-0.39, 0.29) is 22.3 Å². The highest BCUT2D eigenvalue weighted by Gasteiger charge is 2.51. The highest BCUT2D eigenvalue weighted by atomic mass is 32.2. The Morgan fingerprint density at radius 3 is 2.33 bits per heavy atom. The lowest BCUT2D eigenvalue weighted by Crippen LogP contribution is -2.45. The molecule has 1 fully saturated rings. The number of carbonyl (C=O) groups excluding carboxylic acids is 2. The summed E-state index contributed by atoms with van der Waals surface area (Å²) in [6.07, 6.45) is 4.99. The van der Waals surface area contributed by atoms with Crippen LogP contribution >= 0.6 is 11.8 Å². The van der Waals surface area contributed by atoms with E-state index in [1.165, 1.54) is 29.2 Å². The highest BCUT2D eigenvalue weighted by molar-refractivity contribution is 8.00. The molecule has 0 atom stereocenters. The third kappa shape index (κ3) is 3.95. The minimum absolute atomic E-state index is 0.0124. The normalized spacial score (nSPS) is 17.1. The zero-order valence-electron chi connectivity index (χ0n) is 14.6. The Morgan fingerprint density at radius 1 is 1.11 bits per heavy atom. The van der Waals surface area contributed by atoms with Gasteiger partial charge in [0.05, 0.1) is 12.0 Å². The molecule has 0 bridgehead atoms. The molecule has 1 saturated heterocycles. The number of amides is 3. The Hall–Kier alpha value is -2.49. The second-order valence-electron chi connectivity index (χ2n) is 6.48. The van der Waals surface area contributed by atoms with Crippen molar-refractivity contribution in [3.63, 3.8) is 0 Å². The van der Waals surface area contributed by atoms with Gasteiger partial charge < -0.3 is 9.47 Å². The van der Waals surface area contributed by atoms with E-state index < -0.39 is 23.0 Å². The van der Waals surface area contributed by atoms with E-state index in [1.807, 2.05) is 0 Å². The zero-order chi connectivity index (χ0) is 19.8. The van der Waals surface area contributed by atoms with Crippen molar-refractivity contribution in [1.29, 1.82) is 0 Å². The van der Waals surface area contributed by atoms with E-state index in [9.17, 15) is 22.8 Å². The van der Waals surface area contributed by atoms with Gasteiger partial charge in [0.1, 0.15) is 5.54 Å². The average Bonchev–Trinajstić information content (AvgIpc) is 3.13. The van der Waals surface area contributed by atoms with Gasteiger partial charge in [-0.25, -0.2) is 14.7 Å². The Balaban J connectivity index is 1.79. The highest BCUT2D eigenvalue weighted by Crippen LogP contribution is 2.38. The Labute approximate surface area is 158 Å². The Kier molecular flexibility index (Phi) is 4.94.